The zero-order valence-electron chi connectivity index (χ0n) is 11.4. The van der Waals surface area contributed by atoms with Crippen LogP contribution in [-0.4, -0.2) is 13.6 Å². The van der Waals surface area contributed by atoms with E-state index in [1.165, 1.54) is 16.8 Å². The van der Waals surface area contributed by atoms with E-state index < -0.39 is 0 Å². The molecule has 20 heavy (non-hydrogen) atoms. The van der Waals surface area contributed by atoms with Gasteiger partial charge in [0.2, 0.25) is 0 Å². The summed E-state index contributed by atoms with van der Waals surface area (Å²) in [4.78, 5) is 2.23. The third-order valence-corrected chi connectivity index (χ3v) is 4.29. The van der Waals surface area contributed by atoms with Gasteiger partial charge in [0.25, 0.3) is 0 Å². The molecule has 0 saturated carbocycles. The molecule has 0 aromatic heterocycles. The minimum Gasteiger partial charge on any atom is -0.369 e. The van der Waals surface area contributed by atoms with Crippen molar-refractivity contribution in [1.82, 2.24) is 0 Å². The third kappa shape index (κ3) is 4.08. The Morgan fingerprint density at radius 3 is 2.50 bits per heavy atom. The van der Waals surface area contributed by atoms with Gasteiger partial charge in [0, 0.05) is 22.5 Å². The largest absolute Gasteiger partial charge is 0.369 e. The molecule has 0 aliphatic carbocycles. The smallest absolute Gasteiger partial charge is 0.0511 e. The Bertz CT molecular complexity index is 584. The van der Waals surface area contributed by atoms with Crippen LogP contribution in [0.15, 0.2) is 51.4 Å². The van der Waals surface area contributed by atoms with Gasteiger partial charge in [-0.25, -0.2) is 0 Å². The maximum Gasteiger partial charge on any atom is 0.0511 e. The SMILES string of the molecule is CN(Cc1cccc(Br)c1)c1ccc(CCN)cc1Br. The molecule has 0 atom stereocenters. The second-order valence-corrected chi connectivity index (χ2v) is 6.58. The Kier molecular flexibility index (Phi) is 5.64. The highest BCUT2D eigenvalue weighted by molar-refractivity contribution is 9.10. The van der Waals surface area contributed by atoms with Gasteiger partial charge in [-0.1, -0.05) is 34.1 Å². The van der Waals surface area contributed by atoms with Crippen LogP contribution in [0.1, 0.15) is 11.1 Å². The number of anilines is 1. The van der Waals surface area contributed by atoms with Gasteiger partial charge in [0.05, 0.1) is 5.69 Å². The first-order chi connectivity index (χ1) is 9.60. The summed E-state index contributed by atoms with van der Waals surface area (Å²) in [6, 6.07) is 14.8. The van der Waals surface area contributed by atoms with Crippen molar-refractivity contribution in [2.24, 2.45) is 5.73 Å². The molecule has 2 rings (SSSR count). The van der Waals surface area contributed by atoms with Crippen molar-refractivity contribution >= 4 is 37.5 Å². The molecule has 2 N–H and O–H groups in total. The zero-order valence-corrected chi connectivity index (χ0v) is 14.6. The monoisotopic (exact) mass is 396 g/mol. The Morgan fingerprint density at radius 2 is 1.85 bits per heavy atom. The van der Waals surface area contributed by atoms with Crippen molar-refractivity contribution in [3.8, 4) is 0 Å². The van der Waals surface area contributed by atoms with Gasteiger partial charge in [-0.05, 0) is 64.3 Å². The number of hydrogen-bond donors (Lipinski definition) is 1. The summed E-state index contributed by atoms with van der Waals surface area (Å²) in [5, 5.41) is 0. The van der Waals surface area contributed by atoms with Crippen molar-refractivity contribution in [2.45, 2.75) is 13.0 Å². The molecule has 0 spiro atoms. The molecule has 2 nitrogen and oxygen atoms in total. The highest BCUT2D eigenvalue weighted by atomic mass is 79.9. The second kappa shape index (κ2) is 7.25. The molecule has 0 heterocycles. The van der Waals surface area contributed by atoms with Gasteiger partial charge in [0.1, 0.15) is 0 Å². The number of hydrogen-bond acceptors (Lipinski definition) is 2. The van der Waals surface area contributed by atoms with Gasteiger partial charge in [-0.3, -0.25) is 0 Å². The molecule has 0 radical (unpaired) electrons. The molecule has 0 saturated heterocycles. The van der Waals surface area contributed by atoms with E-state index in [-0.39, 0.29) is 0 Å². The van der Waals surface area contributed by atoms with E-state index in [0.717, 1.165) is 21.9 Å². The first-order valence-corrected chi connectivity index (χ1v) is 8.13. The predicted octanol–water partition coefficient (Wildman–Crippen LogP) is 4.35. The second-order valence-electron chi connectivity index (χ2n) is 4.81. The maximum atomic E-state index is 5.59. The Labute approximate surface area is 137 Å². The third-order valence-electron chi connectivity index (χ3n) is 3.17. The normalized spacial score (nSPS) is 10.6. The fourth-order valence-electron chi connectivity index (χ4n) is 2.18. The van der Waals surface area contributed by atoms with Crippen LogP contribution >= 0.6 is 31.9 Å². The lowest BCUT2D eigenvalue weighted by Gasteiger charge is -2.21. The molecule has 106 valence electrons. The number of benzene rings is 2. The van der Waals surface area contributed by atoms with Crippen molar-refractivity contribution in [3.63, 3.8) is 0 Å². The molecular formula is C16H18Br2N2. The van der Waals surface area contributed by atoms with E-state index in [1.54, 1.807) is 0 Å². The fraction of sp³-hybridized carbons (Fsp3) is 0.250. The van der Waals surface area contributed by atoms with Crippen molar-refractivity contribution in [1.29, 1.82) is 0 Å². The number of rotatable bonds is 5. The highest BCUT2D eigenvalue weighted by Gasteiger charge is 2.07. The van der Waals surface area contributed by atoms with Gasteiger partial charge in [-0.15, -0.1) is 0 Å². The Morgan fingerprint density at radius 1 is 1.05 bits per heavy atom. The van der Waals surface area contributed by atoms with E-state index in [4.69, 9.17) is 5.73 Å². The molecule has 0 fully saturated rings. The van der Waals surface area contributed by atoms with Crippen LogP contribution in [0.3, 0.4) is 0 Å². The van der Waals surface area contributed by atoms with Gasteiger partial charge >= 0.3 is 0 Å². The van der Waals surface area contributed by atoms with Gasteiger partial charge < -0.3 is 10.6 Å². The summed E-state index contributed by atoms with van der Waals surface area (Å²) in [5.41, 5.74) is 9.32. The van der Waals surface area contributed by atoms with Crippen LogP contribution in [-0.2, 0) is 13.0 Å². The van der Waals surface area contributed by atoms with Crippen molar-refractivity contribution in [2.75, 3.05) is 18.5 Å². The zero-order chi connectivity index (χ0) is 14.5. The maximum absolute atomic E-state index is 5.59. The molecule has 4 heteroatoms. The summed E-state index contributed by atoms with van der Waals surface area (Å²) in [6.45, 7) is 1.55. The summed E-state index contributed by atoms with van der Waals surface area (Å²) < 4.78 is 2.22. The van der Waals surface area contributed by atoms with E-state index in [0.29, 0.717) is 6.54 Å². The first kappa shape index (κ1) is 15.5. The van der Waals surface area contributed by atoms with Crippen LogP contribution in [0.2, 0.25) is 0 Å². The lowest BCUT2D eigenvalue weighted by atomic mass is 10.1. The Balaban J connectivity index is 2.14. The molecule has 0 aliphatic heterocycles. The molecule has 0 amide bonds. The molecule has 0 unspecified atom stereocenters. The van der Waals surface area contributed by atoms with Crippen molar-refractivity contribution in [3.05, 3.63) is 62.5 Å². The standard InChI is InChI=1S/C16H18Br2N2/c1-20(11-13-3-2-4-14(17)9-13)16-6-5-12(7-8-19)10-15(16)18/h2-6,9-10H,7-8,11,19H2,1H3. The lowest BCUT2D eigenvalue weighted by molar-refractivity contribution is 0.914. The Hall–Kier alpha value is -0.840. The highest BCUT2D eigenvalue weighted by Crippen LogP contribution is 2.28. The van der Waals surface area contributed by atoms with Crippen molar-refractivity contribution < 1.29 is 0 Å². The van der Waals surface area contributed by atoms with Crippen LogP contribution < -0.4 is 10.6 Å². The minimum absolute atomic E-state index is 0.680. The summed E-state index contributed by atoms with van der Waals surface area (Å²) in [6.07, 6.45) is 0.911. The molecule has 0 aliphatic rings. The summed E-state index contributed by atoms with van der Waals surface area (Å²) in [5.74, 6) is 0. The quantitative estimate of drug-likeness (QED) is 0.812. The van der Waals surface area contributed by atoms with E-state index in [9.17, 15) is 0 Å². The number of nitrogens with zero attached hydrogens (tertiary/aromatic N) is 1. The average Bonchev–Trinajstić information content (AvgIpc) is 2.39. The molecule has 2 aromatic rings. The molecular weight excluding hydrogens is 380 g/mol. The predicted molar refractivity (Wildman–Crippen MR) is 93.1 cm³/mol. The first-order valence-electron chi connectivity index (χ1n) is 6.54. The van der Waals surface area contributed by atoms with Crippen LogP contribution in [0.4, 0.5) is 5.69 Å². The number of halogens is 2. The van der Waals surface area contributed by atoms with E-state index in [2.05, 4.69) is 80.2 Å². The minimum atomic E-state index is 0.680. The van der Waals surface area contributed by atoms with E-state index >= 15 is 0 Å². The van der Waals surface area contributed by atoms with Gasteiger partial charge in [-0.2, -0.15) is 0 Å². The van der Waals surface area contributed by atoms with Crippen LogP contribution in [0.25, 0.3) is 0 Å². The summed E-state index contributed by atoms with van der Waals surface area (Å²) >= 11 is 7.16. The van der Waals surface area contributed by atoms with Crippen LogP contribution in [0, 0.1) is 0 Å². The summed E-state index contributed by atoms with van der Waals surface area (Å²) in [7, 11) is 2.10. The lowest BCUT2D eigenvalue weighted by Crippen LogP contribution is -2.17. The van der Waals surface area contributed by atoms with Crippen LogP contribution in [0.5, 0.6) is 0 Å². The molecule has 2 aromatic carbocycles. The molecule has 0 bridgehead atoms. The van der Waals surface area contributed by atoms with Gasteiger partial charge in [0.15, 0.2) is 0 Å². The van der Waals surface area contributed by atoms with E-state index in [1.807, 2.05) is 6.07 Å². The topological polar surface area (TPSA) is 29.3 Å². The fourth-order valence-corrected chi connectivity index (χ4v) is 3.35. The number of nitrogens with two attached hydrogens (primary N) is 1. The average molecular weight is 398 g/mol.